The van der Waals surface area contributed by atoms with Gasteiger partial charge in [0.25, 0.3) is 0 Å². The third kappa shape index (κ3) is 5.14. The van der Waals surface area contributed by atoms with Crippen LogP contribution in [0.4, 0.5) is 17.6 Å². The molecule has 2 aromatic carbocycles. The minimum absolute atomic E-state index is 0. The number of hydrogen-bond donors (Lipinski definition) is 2. The Morgan fingerprint density at radius 1 is 1.29 bits per heavy atom. The summed E-state index contributed by atoms with van der Waals surface area (Å²) in [5, 5.41) is 10.0. The molecule has 0 aromatic heterocycles. The van der Waals surface area contributed by atoms with Crippen LogP contribution >= 0.6 is 12.4 Å². The number of phenolic OH excluding ortho intramolecular Hbond substituents is 1. The highest BCUT2D eigenvalue weighted by Gasteiger charge is 2.35. The quantitative estimate of drug-likeness (QED) is 0.532. The van der Waals surface area contributed by atoms with Crippen LogP contribution in [0.2, 0.25) is 0 Å². The van der Waals surface area contributed by atoms with Crippen LogP contribution in [0.1, 0.15) is 36.1 Å². The first kappa shape index (κ1) is 23.7. The number of carbonyl (C=O) groups excluding carboxylic acids is 1. The number of nitrogens with two attached hydrogens (primary N) is 1. The first-order chi connectivity index (χ1) is 12.6. The van der Waals surface area contributed by atoms with Crippen molar-refractivity contribution in [1.82, 2.24) is 0 Å². The summed E-state index contributed by atoms with van der Waals surface area (Å²) in [7, 11) is 0. The molecule has 0 radical (unpaired) electrons. The second-order valence-electron chi connectivity index (χ2n) is 6.01. The van der Waals surface area contributed by atoms with Crippen molar-refractivity contribution in [1.29, 1.82) is 0 Å². The normalized spacial score (nSPS) is 12.2. The Labute approximate surface area is 165 Å². The molecule has 0 bridgehead atoms. The summed E-state index contributed by atoms with van der Waals surface area (Å²) in [6, 6.07) is 4.22. The number of phenols is 1. The Morgan fingerprint density at radius 3 is 2.50 bits per heavy atom. The van der Waals surface area contributed by atoms with Crippen molar-refractivity contribution in [3.05, 3.63) is 52.8 Å². The summed E-state index contributed by atoms with van der Waals surface area (Å²) >= 11 is 0. The van der Waals surface area contributed by atoms with Crippen molar-refractivity contribution in [2.24, 2.45) is 5.73 Å². The van der Waals surface area contributed by atoms with Gasteiger partial charge in [-0.15, -0.1) is 12.4 Å². The first-order valence-electron chi connectivity index (χ1n) is 8.17. The molecule has 4 nitrogen and oxygen atoms in total. The van der Waals surface area contributed by atoms with Crippen molar-refractivity contribution in [3.63, 3.8) is 0 Å². The zero-order valence-electron chi connectivity index (χ0n) is 15.1. The fourth-order valence-corrected chi connectivity index (χ4v) is 2.80. The van der Waals surface area contributed by atoms with Crippen LogP contribution in [-0.2, 0) is 15.7 Å². The predicted octanol–water partition coefficient (Wildman–Crippen LogP) is 4.90. The molecule has 0 fully saturated rings. The highest BCUT2D eigenvalue weighted by Crippen LogP contribution is 2.42. The zero-order chi connectivity index (χ0) is 20.4. The number of esters is 1. The SMILES string of the molecule is CCOC(=O)C[C@H](N)c1cc(-c2c(O)cccc2C(F)(F)F)cc(C)c1F.Cl. The molecule has 2 rings (SSSR count). The molecule has 0 aliphatic heterocycles. The van der Waals surface area contributed by atoms with Gasteiger partial charge in [0.2, 0.25) is 0 Å². The molecule has 28 heavy (non-hydrogen) atoms. The summed E-state index contributed by atoms with van der Waals surface area (Å²) in [5.74, 6) is -1.97. The lowest BCUT2D eigenvalue weighted by atomic mass is 9.92. The van der Waals surface area contributed by atoms with Gasteiger partial charge in [-0.1, -0.05) is 6.07 Å². The highest BCUT2D eigenvalue weighted by atomic mass is 35.5. The van der Waals surface area contributed by atoms with Crippen LogP contribution in [0.25, 0.3) is 11.1 Å². The lowest BCUT2D eigenvalue weighted by Gasteiger charge is -2.18. The van der Waals surface area contributed by atoms with Crippen LogP contribution in [0.5, 0.6) is 5.75 Å². The van der Waals surface area contributed by atoms with Crippen LogP contribution < -0.4 is 5.73 Å². The average Bonchev–Trinajstić information content (AvgIpc) is 2.56. The molecule has 0 aliphatic rings. The molecule has 0 saturated heterocycles. The Morgan fingerprint density at radius 2 is 1.93 bits per heavy atom. The molecule has 0 saturated carbocycles. The van der Waals surface area contributed by atoms with E-state index in [2.05, 4.69) is 0 Å². The van der Waals surface area contributed by atoms with E-state index in [0.717, 1.165) is 24.3 Å². The number of benzene rings is 2. The molecular formula is C19H20ClF4NO3. The molecule has 154 valence electrons. The zero-order valence-corrected chi connectivity index (χ0v) is 16.0. The maximum absolute atomic E-state index is 14.5. The third-order valence-corrected chi connectivity index (χ3v) is 4.01. The van der Waals surface area contributed by atoms with E-state index in [1.165, 1.54) is 13.0 Å². The maximum Gasteiger partial charge on any atom is 0.417 e. The Balaban J connectivity index is 0.00000392. The summed E-state index contributed by atoms with van der Waals surface area (Å²) in [5.41, 5.74) is 4.21. The fraction of sp³-hybridized carbons (Fsp3) is 0.316. The average molecular weight is 422 g/mol. The molecule has 0 aliphatic carbocycles. The van der Waals surface area contributed by atoms with Gasteiger partial charge in [0, 0.05) is 17.2 Å². The number of aryl methyl sites for hydroxylation is 1. The fourth-order valence-electron chi connectivity index (χ4n) is 2.80. The van der Waals surface area contributed by atoms with Crippen LogP contribution in [0.3, 0.4) is 0 Å². The molecule has 0 amide bonds. The monoisotopic (exact) mass is 421 g/mol. The minimum Gasteiger partial charge on any atom is -0.507 e. The van der Waals surface area contributed by atoms with Gasteiger partial charge in [-0.25, -0.2) is 4.39 Å². The molecule has 0 spiro atoms. The van der Waals surface area contributed by atoms with Crippen molar-refractivity contribution < 1.29 is 32.2 Å². The molecule has 0 unspecified atom stereocenters. The summed E-state index contributed by atoms with van der Waals surface area (Å²) in [6.45, 7) is 3.10. The first-order valence-corrected chi connectivity index (χ1v) is 8.17. The number of halogens is 5. The second-order valence-corrected chi connectivity index (χ2v) is 6.01. The van der Waals surface area contributed by atoms with Crippen molar-refractivity contribution in [3.8, 4) is 16.9 Å². The van der Waals surface area contributed by atoms with Gasteiger partial charge in [0.1, 0.15) is 11.6 Å². The number of rotatable bonds is 5. The van der Waals surface area contributed by atoms with Gasteiger partial charge < -0.3 is 15.6 Å². The number of hydrogen-bond acceptors (Lipinski definition) is 4. The smallest absolute Gasteiger partial charge is 0.417 e. The molecule has 1 atom stereocenters. The largest absolute Gasteiger partial charge is 0.507 e. The standard InChI is InChI=1S/C19H19F4NO3.ClH/c1-3-27-16(26)9-14(24)12-8-11(7-10(2)18(12)20)17-13(19(21,22)23)5-4-6-15(17)25;/h4-8,14,25H,3,9,24H2,1-2H3;1H/t14-;/m0./s1. The number of aromatic hydroxyl groups is 1. The van der Waals surface area contributed by atoms with E-state index in [9.17, 15) is 27.5 Å². The van der Waals surface area contributed by atoms with Gasteiger partial charge in [-0.3, -0.25) is 4.79 Å². The molecule has 0 heterocycles. The Kier molecular flexibility index (Phi) is 7.84. The molecule has 3 N–H and O–H groups in total. The van der Waals surface area contributed by atoms with E-state index in [1.807, 2.05) is 0 Å². The van der Waals surface area contributed by atoms with E-state index in [1.54, 1.807) is 6.92 Å². The van der Waals surface area contributed by atoms with Crippen LogP contribution in [-0.4, -0.2) is 17.7 Å². The van der Waals surface area contributed by atoms with Gasteiger partial charge in [-0.2, -0.15) is 13.2 Å². The molecule has 9 heteroatoms. The summed E-state index contributed by atoms with van der Waals surface area (Å²) in [6.07, 6.45) is -5.05. The van der Waals surface area contributed by atoms with Gasteiger partial charge >= 0.3 is 12.1 Å². The van der Waals surface area contributed by atoms with E-state index >= 15 is 0 Å². The number of carbonyl (C=O) groups is 1. The Bertz CT molecular complexity index is 856. The van der Waals surface area contributed by atoms with E-state index in [4.69, 9.17) is 10.5 Å². The molecule has 2 aromatic rings. The topological polar surface area (TPSA) is 72.5 Å². The minimum atomic E-state index is -4.72. The summed E-state index contributed by atoms with van der Waals surface area (Å²) < 4.78 is 59.3. The number of ether oxygens (including phenoxy) is 1. The second kappa shape index (κ2) is 9.25. The van der Waals surface area contributed by atoms with Crippen molar-refractivity contribution in [2.75, 3.05) is 6.61 Å². The Hall–Kier alpha value is -2.32. The van der Waals surface area contributed by atoms with Crippen molar-refractivity contribution in [2.45, 2.75) is 32.5 Å². The van der Waals surface area contributed by atoms with Crippen molar-refractivity contribution >= 4 is 18.4 Å². The molecular weight excluding hydrogens is 402 g/mol. The van der Waals surface area contributed by atoms with E-state index in [0.29, 0.717) is 0 Å². The van der Waals surface area contributed by atoms with Crippen LogP contribution in [0, 0.1) is 12.7 Å². The number of alkyl halides is 3. The predicted molar refractivity (Wildman–Crippen MR) is 98.7 cm³/mol. The van der Waals surface area contributed by atoms with Gasteiger partial charge in [0.05, 0.1) is 18.6 Å². The third-order valence-electron chi connectivity index (χ3n) is 4.01. The lowest BCUT2D eigenvalue weighted by Crippen LogP contribution is -2.19. The van der Waals surface area contributed by atoms with E-state index in [-0.39, 0.29) is 42.1 Å². The van der Waals surface area contributed by atoms with Gasteiger partial charge in [-0.05, 0) is 49.2 Å². The maximum atomic E-state index is 14.5. The summed E-state index contributed by atoms with van der Waals surface area (Å²) in [4.78, 5) is 11.6. The van der Waals surface area contributed by atoms with Crippen LogP contribution in [0.15, 0.2) is 30.3 Å². The lowest BCUT2D eigenvalue weighted by molar-refractivity contribution is -0.143. The van der Waals surface area contributed by atoms with Gasteiger partial charge in [0.15, 0.2) is 0 Å². The van der Waals surface area contributed by atoms with E-state index < -0.39 is 40.9 Å². The highest BCUT2D eigenvalue weighted by molar-refractivity contribution is 5.85.